The van der Waals surface area contributed by atoms with Gasteiger partial charge in [-0.2, -0.15) is 5.10 Å². The van der Waals surface area contributed by atoms with E-state index in [-0.39, 0.29) is 0 Å². The molecule has 0 fully saturated rings. The maximum absolute atomic E-state index is 5.95. The maximum Gasteiger partial charge on any atom is 0.0532 e. The van der Waals surface area contributed by atoms with Gasteiger partial charge in [-0.1, -0.05) is 17.7 Å². The van der Waals surface area contributed by atoms with Crippen LogP contribution in [0.5, 0.6) is 0 Å². The highest BCUT2D eigenvalue weighted by atomic mass is 35.5. The minimum absolute atomic E-state index is 0.752. The van der Waals surface area contributed by atoms with Gasteiger partial charge in [0.1, 0.15) is 0 Å². The van der Waals surface area contributed by atoms with Gasteiger partial charge in [0.2, 0.25) is 0 Å². The molecule has 0 spiro atoms. The van der Waals surface area contributed by atoms with Gasteiger partial charge in [0.25, 0.3) is 0 Å². The van der Waals surface area contributed by atoms with E-state index in [0.717, 1.165) is 29.2 Å². The van der Waals surface area contributed by atoms with E-state index in [2.05, 4.69) is 20.5 Å². The number of H-pyrrole nitrogens is 2. The highest BCUT2D eigenvalue weighted by Gasteiger charge is 2.03. The standard InChI is InChI=1S/C13H13ClN4/c14-11-1-2-12-10(8-16-13(12)3-11)7-15-4-9-5-17-18-6-9/h1-3,5-6,8,15-16H,4,7H2,(H,17,18). The summed E-state index contributed by atoms with van der Waals surface area (Å²) < 4.78 is 0. The van der Waals surface area contributed by atoms with Crippen LogP contribution in [0.4, 0.5) is 0 Å². The molecule has 0 amide bonds. The summed E-state index contributed by atoms with van der Waals surface area (Å²) in [6, 6.07) is 5.90. The lowest BCUT2D eigenvalue weighted by Gasteiger charge is -2.02. The van der Waals surface area contributed by atoms with E-state index >= 15 is 0 Å². The van der Waals surface area contributed by atoms with Crippen LogP contribution < -0.4 is 5.32 Å². The van der Waals surface area contributed by atoms with Crippen LogP contribution >= 0.6 is 11.6 Å². The van der Waals surface area contributed by atoms with E-state index in [1.165, 1.54) is 10.9 Å². The molecule has 1 aromatic carbocycles. The SMILES string of the molecule is Clc1ccc2c(CNCc3cn[nH]c3)c[nH]c2c1. The van der Waals surface area contributed by atoms with Crippen molar-refractivity contribution in [3.05, 3.63) is 52.9 Å². The van der Waals surface area contributed by atoms with Crippen molar-refractivity contribution in [3.63, 3.8) is 0 Å². The zero-order valence-electron chi connectivity index (χ0n) is 9.70. The second kappa shape index (κ2) is 4.84. The predicted molar refractivity (Wildman–Crippen MR) is 72.4 cm³/mol. The first-order valence-electron chi connectivity index (χ1n) is 5.77. The Morgan fingerprint density at radius 3 is 3.00 bits per heavy atom. The molecule has 0 atom stereocenters. The molecule has 3 N–H and O–H groups in total. The number of fused-ring (bicyclic) bond motifs is 1. The lowest BCUT2D eigenvalue weighted by Crippen LogP contribution is -2.11. The second-order valence-electron chi connectivity index (χ2n) is 4.21. The van der Waals surface area contributed by atoms with Gasteiger partial charge in [-0.25, -0.2) is 0 Å². The van der Waals surface area contributed by atoms with Gasteiger partial charge in [0.05, 0.1) is 6.20 Å². The fourth-order valence-electron chi connectivity index (χ4n) is 2.02. The highest BCUT2D eigenvalue weighted by Crippen LogP contribution is 2.21. The molecule has 0 unspecified atom stereocenters. The van der Waals surface area contributed by atoms with Gasteiger partial charge in [0, 0.05) is 47.0 Å². The Kier molecular flexibility index (Phi) is 3.04. The fraction of sp³-hybridized carbons (Fsp3) is 0.154. The molecule has 5 heteroatoms. The topological polar surface area (TPSA) is 56.5 Å². The summed E-state index contributed by atoms with van der Waals surface area (Å²) >= 11 is 5.95. The molecule has 0 saturated heterocycles. The minimum Gasteiger partial charge on any atom is -0.361 e. The molecule has 3 aromatic rings. The number of hydrogen-bond acceptors (Lipinski definition) is 2. The van der Waals surface area contributed by atoms with E-state index < -0.39 is 0 Å². The number of nitrogens with one attached hydrogen (secondary N) is 3. The number of nitrogens with zero attached hydrogens (tertiary/aromatic N) is 1. The van der Waals surface area contributed by atoms with Crippen LogP contribution in [-0.2, 0) is 13.1 Å². The molecule has 2 aromatic heterocycles. The van der Waals surface area contributed by atoms with Crippen LogP contribution in [0.2, 0.25) is 5.02 Å². The number of aromatic nitrogens is 3. The van der Waals surface area contributed by atoms with E-state index in [1.807, 2.05) is 36.8 Å². The van der Waals surface area contributed by atoms with Crippen molar-refractivity contribution in [3.8, 4) is 0 Å². The molecule has 0 saturated carbocycles. The monoisotopic (exact) mass is 260 g/mol. The van der Waals surface area contributed by atoms with Crippen LogP contribution in [-0.4, -0.2) is 15.2 Å². The van der Waals surface area contributed by atoms with E-state index in [9.17, 15) is 0 Å². The zero-order chi connectivity index (χ0) is 12.4. The van der Waals surface area contributed by atoms with E-state index in [0.29, 0.717) is 0 Å². The van der Waals surface area contributed by atoms with Crippen molar-refractivity contribution >= 4 is 22.5 Å². The third-order valence-electron chi connectivity index (χ3n) is 2.93. The third-order valence-corrected chi connectivity index (χ3v) is 3.16. The molecular formula is C13H13ClN4. The molecule has 0 aliphatic carbocycles. The van der Waals surface area contributed by atoms with Crippen LogP contribution in [0.25, 0.3) is 10.9 Å². The fourth-order valence-corrected chi connectivity index (χ4v) is 2.19. The molecular weight excluding hydrogens is 248 g/mol. The smallest absolute Gasteiger partial charge is 0.0532 e. The molecule has 0 bridgehead atoms. The van der Waals surface area contributed by atoms with Gasteiger partial charge < -0.3 is 10.3 Å². The molecule has 0 aliphatic heterocycles. The molecule has 2 heterocycles. The summed E-state index contributed by atoms with van der Waals surface area (Å²) in [5.41, 5.74) is 3.46. The van der Waals surface area contributed by atoms with Crippen molar-refractivity contribution in [2.75, 3.05) is 0 Å². The molecule has 0 radical (unpaired) electrons. The quantitative estimate of drug-likeness (QED) is 0.676. The maximum atomic E-state index is 5.95. The number of halogens is 1. The van der Waals surface area contributed by atoms with Crippen molar-refractivity contribution in [2.45, 2.75) is 13.1 Å². The first-order valence-corrected chi connectivity index (χ1v) is 6.14. The normalized spacial score (nSPS) is 11.2. The van der Waals surface area contributed by atoms with Crippen molar-refractivity contribution in [1.82, 2.24) is 20.5 Å². The Bertz CT molecular complexity index is 642. The summed E-state index contributed by atoms with van der Waals surface area (Å²) in [5.74, 6) is 0. The van der Waals surface area contributed by atoms with Gasteiger partial charge in [-0.05, 0) is 17.7 Å². The van der Waals surface area contributed by atoms with E-state index in [1.54, 1.807) is 0 Å². The number of rotatable bonds is 4. The molecule has 18 heavy (non-hydrogen) atoms. The molecule has 0 aliphatic rings. The summed E-state index contributed by atoms with van der Waals surface area (Å²) in [6.07, 6.45) is 5.73. The first kappa shape index (κ1) is 11.3. The molecule has 3 rings (SSSR count). The zero-order valence-corrected chi connectivity index (χ0v) is 10.5. The summed E-state index contributed by atoms with van der Waals surface area (Å²) in [6.45, 7) is 1.61. The summed E-state index contributed by atoms with van der Waals surface area (Å²) in [7, 11) is 0. The van der Waals surface area contributed by atoms with Crippen molar-refractivity contribution < 1.29 is 0 Å². The van der Waals surface area contributed by atoms with Crippen LogP contribution in [0.1, 0.15) is 11.1 Å². The Hall–Kier alpha value is -1.78. The Morgan fingerprint density at radius 1 is 1.22 bits per heavy atom. The Labute approximate surface area is 109 Å². The average Bonchev–Trinajstić information content (AvgIpc) is 2.99. The number of benzene rings is 1. The summed E-state index contributed by atoms with van der Waals surface area (Å²) in [4.78, 5) is 3.23. The lowest BCUT2D eigenvalue weighted by atomic mass is 10.2. The van der Waals surface area contributed by atoms with Crippen molar-refractivity contribution in [2.24, 2.45) is 0 Å². The second-order valence-corrected chi connectivity index (χ2v) is 4.65. The minimum atomic E-state index is 0.752. The third kappa shape index (κ3) is 2.25. The van der Waals surface area contributed by atoms with Crippen LogP contribution in [0.15, 0.2) is 36.8 Å². The number of hydrogen-bond donors (Lipinski definition) is 3. The number of aromatic amines is 2. The molecule has 92 valence electrons. The van der Waals surface area contributed by atoms with Crippen molar-refractivity contribution in [1.29, 1.82) is 0 Å². The van der Waals surface area contributed by atoms with E-state index in [4.69, 9.17) is 11.6 Å². The Balaban J connectivity index is 1.71. The van der Waals surface area contributed by atoms with Gasteiger partial charge in [-0.3, -0.25) is 5.10 Å². The highest BCUT2D eigenvalue weighted by molar-refractivity contribution is 6.31. The Morgan fingerprint density at radius 2 is 2.17 bits per heavy atom. The lowest BCUT2D eigenvalue weighted by molar-refractivity contribution is 0.697. The van der Waals surface area contributed by atoms with Gasteiger partial charge >= 0.3 is 0 Å². The largest absolute Gasteiger partial charge is 0.361 e. The summed E-state index contributed by atoms with van der Waals surface area (Å²) in [5, 5.41) is 12.1. The van der Waals surface area contributed by atoms with Gasteiger partial charge in [0.15, 0.2) is 0 Å². The van der Waals surface area contributed by atoms with Gasteiger partial charge in [-0.15, -0.1) is 0 Å². The average molecular weight is 261 g/mol. The molecule has 4 nitrogen and oxygen atoms in total. The predicted octanol–water partition coefficient (Wildman–Crippen LogP) is 2.83. The van der Waals surface area contributed by atoms with Crippen LogP contribution in [0, 0.1) is 0 Å². The first-order chi connectivity index (χ1) is 8.83. The van der Waals surface area contributed by atoms with Crippen LogP contribution in [0.3, 0.4) is 0 Å².